The monoisotopic (exact) mass is 441 g/mol. The SMILES string of the molecule is CN1CCC(c2nsc(-c3cc(N[C@H]4Cc5ccccc5[C@@H]4O)ncc3Cl)n2)CC1. The number of aromatic nitrogens is 3. The second-order valence-electron chi connectivity index (χ2n) is 8.18. The molecule has 1 aliphatic carbocycles. The summed E-state index contributed by atoms with van der Waals surface area (Å²) in [5.41, 5.74) is 2.98. The quantitative estimate of drug-likeness (QED) is 0.634. The number of fused-ring (bicyclic) bond motifs is 1. The van der Waals surface area contributed by atoms with E-state index in [1.54, 1.807) is 6.20 Å². The van der Waals surface area contributed by atoms with Gasteiger partial charge in [0.15, 0.2) is 0 Å². The van der Waals surface area contributed by atoms with Crippen molar-refractivity contribution in [3.05, 3.63) is 58.5 Å². The Morgan fingerprint density at radius 3 is 2.83 bits per heavy atom. The Kier molecular flexibility index (Phi) is 5.45. The number of nitrogens with zero attached hydrogens (tertiary/aromatic N) is 4. The molecule has 2 aromatic heterocycles. The Balaban J connectivity index is 1.35. The summed E-state index contributed by atoms with van der Waals surface area (Å²) < 4.78 is 4.63. The van der Waals surface area contributed by atoms with Crippen LogP contribution in [0.25, 0.3) is 10.6 Å². The zero-order chi connectivity index (χ0) is 20.7. The number of anilines is 1. The molecule has 2 aliphatic rings. The molecule has 3 aromatic rings. The van der Waals surface area contributed by atoms with Gasteiger partial charge in [0.05, 0.1) is 17.2 Å². The van der Waals surface area contributed by atoms with Gasteiger partial charge in [-0.15, -0.1) is 0 Å². The van der Waals surface area contributed by atoms with Crippen LogP contribution in [-0.4, -0.2) is 50.5 Å². The molecule has 6 nitrogen and oxygen atoms in total. The molecule has 0 spiro atoms. The summed E-state index contributed by atoms with van der Waals surface area (Å²) >= 11 is 7.84. The van der Waals surface area contributed by atoms with Crippen molar-refractivity contribution in [3.63, 3.8) is 0 Å². The van der Waals surface area contributed by atoms with Crippen molar-refractivity contribution in [1.82, 2.24) is 19.2 Å². The lowest BCUT2D eigenvalue weighted by Gasteiger charge is -2.27. The standard InChI is InChI=1S/C22H24ClN5OS/c1-28-8-6-13(7-9-28)21-26-22(30-27-21)16-11-19(24-12-17(16)23)25-18-10-14-4-2-3-5-15(14)20(18)29/h2-5,11-13,18,20,29H,6-10H2,1H3,(H,24,25)/t18-,20-/m0/s1. The van der Waals surface area contributed by atoms with Gasteiger partial charge in [-0.25, -0.2) is 9.97 Å². The normalized spacial score (nSPS) is 22.2. The largest absolute Gasteiger partial charge is 0.386 e. The van der Waals surface area contributed by atoms with Crippen molar-refractivity contribution in [1.29, 1.82) is 0 Å². The summed E-state index contributed by atoms with van der Waals surface area (Å²) in [6.07, 6.45) is 4.02. The highest BCUT2D eigenvalue weighted by atomic mass is 35.5. The number of hydrogen-bond acceptors (Lipinski definition) is 7. The van der Waals surface area contributed by atoms with E-state index in [1.165, 1.54) is 17.1 Å². The zero-order valence-corrected chi connectivity index (χ0v) is 18.3. The molecular formula is C22H24ClN5OS. The van der Waals surface area contributed by atoms with E-state index < -0.39 is 6.10 Å². The highest BCUT2D eigenvalue weighted by Crippen LogP contribution is 2.36. The Morgan fingerprint density at radius 1 is 1.23 bits per heavy atom. The highest BCUT2D eigenvalue weighted by molar-refractivity contribution is 7.09. The van der Waals surface area contributed by atoms with Crippen LogP contribution in [0.15, 0.2) is 36.5 Å². The lowest BCUT2D eigenvalue weighted by Crippen LogP contribution is -2.29. The number of hydrogen-bond donors (Lipinski definition) is 2. The number of nitrogens with one attached hydrogen (secondary N) is 1. The summed E-state index contributed by atoms with van der Waals surface area (Å²) in [4.78, 5) is 11.6. The first-order valence-electron chi connectivity index (χ1n) is 10.3. The summed E-state index contributed by atoms with van der Waals surface area (Å²) in [5.74, 6) is 2.02. The third-order valence-corrected chi connectivity index (χ3v) is 7.20. The molecule has 2 N–H and O–H groups in total. The Hall–Kier alpha value is -2.06. The van der Waals surface area contributed by atoms with Crippen LogP contribution in [0.1, 0.15) is 41.8 Å². The molecule has 5 rings (SSSR count). The lowest BCUT2D eigenvalue weighted by atomic mass is 9.96. The number of aliphatic hydroxyl groups is 1. The molecule has 0 radical (unpaired) electrons. The number of pyridine rings is 1. The van der Waals surface area contributed by atoms with Crippen LogP contribution in [0.5, 0.6) is 0 Å². The van der Waals surface area contributed by atoms with Crippen LogP contribution < -0.4 is 5.32 Å². The maximum atomic E-state index is 10.7. The third kappa shape index (κ3) is 3.83. The van der Waals surface area contributed by atoms with Crippen molar-refractivity contribution < 1.29 is 5.11 Å². The van der Waals surface area contributed by atoms with Gasteiger partial charge in [-0.3, -0.25) is 0 Å². The minimum atomic E-state index is -0.556. The summed E-state index contributed by atoms with van der Waals surface area (Å²) in [6.45, 7) is 2.16. The van der Waals surface area contributed by atoms with Gasteiger partial charge in [0.2, 0.25) is 0 Å². The second-order valence-corrected chi connectivity index (χ2v) is 9.34. The van der Waals surface area contributed by atoms with Crippen LogP contribution in [0.3, 0.4) is 0 Å². The van der Waals surface area contributed by atoms with Gasteiger partial charge < -0.3 is 15.3 Å². The lowest BCUT2D eigenvalue weighted by molar-refractivity contribution is 0.167. The fourth-order valence-electron chi connectivity index (χ4n) is 4.35. The first-order valence-corrected chi connectivity index (χ1v) is 11.4. The van der Waals surface area contributed by atoms with E-state index in [2.05, 4.69) is 32.7 Å². The number of rotatable bonds is 4. The smallest absolute Gasteiger partial charge is 0.146 e. The minimum Gasteiger partial charge on any atom is -0.386 e. The summed E-state index contributed by atoms with van der Waals surface area (Å²) in [7, 11) is 2.15. The first-order chi connectivity index (χ1) is 14.6. The van der Waals surface area contributed by atoms with Gasteiger partial charge in [0, 0.05) is 17.7 Å². The molecule has 1 aromatic carbocycles. The molecule has 156 valence electrons. The summed E-state index contributed by atoms with van der Waals surface area (Å²) in [6, 6.07) is 9.80. The highest BCUT2D eigenvalue weighted by Gasteiger charge is 2.31. The molecule has 1 aliphatic heterocycles. The van der Waals surface area contributed by atoms with E-state index in [9.17, 15) is 5.11 Å². The number of aliphatic hydroxyl groups excluding tert-OH is 1. The second kappa shape index (κ2) is 8.23. The molecule has 0 saturated carbocycles. The fraction of sp³-hybridized carbons (Fsp3) is 0.409. The van der Waals surface area contributed by atoms with Gasteiger partial charge in [-0.2, -0.15) is 4.37 Å². The third-order valence-electron chi connectivity index (χ3n) is 6.14. The predicted octanol–water partition coefficient (Wildman–Crippen LogP) is 4.13. The van der Waals surface area contributed by atoms with Gasteiger partial charge in [0.1, 0.15) is 16.6 Å². The van der Waals surface area contributed by atoms with Crippen molar-refractivity contribution in [3.8, 4) is 10.6 Å². The predicted molar refractivity (Wildman–Crippen MR) is 120 cm³/mol. The van der Waals surface area contributed by atoms with Crippen LogP contribution in [0.2, 0.25) is 5.02 Å². The van der Waals surface area contributed by atoms with Crippen LogP contribution in [-0.2, 0) is 6.42 Å². The number of benzene rings is 1. The topological polar surface area (TPSA) is 74.2 Å². The Morgan fingerprint density at radius 2 is 2.03 bits per heavy atom. The number of likely N-dealkylation sites (tertiary alicyclic amines) is 1. The van der Waals surface area contributed by atoms with E-state index in [0.717, 1.165) is 54.3 Å². The van der Waals surface area contributed by atoms with Crippen LogP contribution >= 0.6 is 23.1 Å². The maximum Gasteiger partial charge on any atom is 0.146 e. The van der Waals surface area contributed by atoms with Crippen molar-refractivity contribution in [2.24, 2.45) is 0 Å². The molecular weight excluding hydrogens is 418 g/mol. The van der Waals surface area contributed by atoms with Gasteiger partial charge in [0.25, 0.3) is 0 Å². The van der Waals surface area contributed by atoms with Gasteiger partial charge in [-0.05, 0) is 68.1 Å². The molecule has 3 heterocycles. The molecule has 1 fully saturated rings. The first kappa shape index (κ1) is 19.9. The van der Waals surface area contributed by atoms with Gasteiger partial charge >= 0.3 is 0 Å². The van der Waals surface area contributed by atoms with Crippen LogP contribution in [0.4, 0.5) is 5.82 Å². The zero-order valence-electron chi connectivity index (χ0n) is 16.8. The molecule has 30 heavy (non-hydrogen) atoms. The van der Waals surface area contributed by atoms with Crippen LogP contribution in [0, 0.1) is 0 Å². The van der Waals surface area contributed by atoms with Gasteiger partial charge in [-0.1, -0.05) is 35.9 Å². The van der Waals surface area contributed by atoms with Crippen molar-refractivity contribution in [2.45, 2.75) is 37.3 Å². The molecule has 0 unspecified atom stereocenters. The van der Waals surface area contributed by atoms with Crippen molar-refractivity contribution >= 4 is 29.0 Å². The number of piperidine rings is 1. The van der Waals surface area contributed by atoms with E-state index in [0.29, 0.717) is 16.8 Å². The molecule has 1 saturated heterocycles. The fourth-order valence-corrected chi connectivity index (χ4v) is 5.37. The average molecular weight is 442 g/mol. The maximum absolute atomic E-state index is 10.7. The molecule has 8 heteroatoms. The average Bonchev–Trinajstić information content (AvgIpc) is 3.36. The molecule has 0 bridgehead atoms. The molecule has 2 atom stereocenters. The van der Waals surface area contributed by atoms with Crippen molar-refractivity contribution in [2.75, 3.05) is 25.5 Å². The van der Waals surface area contributed by atoms with E-state index in [1.807, 2.05) is 24.3 Å². The summed E-state index contributed by atoms with van der Waals surface area (Å²) in [5, 5.41) is 15.4. The van der Waals surface area contributed by atoms with E-state index in [4.69, 9.17) is 16.6 Å². The minimum absolute atomic E-state index is 0.117. The Bertz CT molecular complexity index is 1050. The Labute approximate surface area is 185 Å². The van der Waals surface area contributed by atoms with E-state index in [-0.39, 0.29) is 6.04 Å². The van der Waals surface area contributed by atoms with E-state index >= 15 is 0 Å². The molecule has 0 amide bonds. The number of halogens is 1.